The van der Waals surface area contributed by atoms with Crippen LogP contribution in [0.4, 0.5) is 4.39 Å². The monoisotopic (exact) mass is 315 g/mol. The van der Waals surface area contributed by atoms with E-state index >= 15 is 0 Å². The number of aliphatic imine (C=N–C) groups is 1. The van der Waals surface area contributed by atoms with E-state index in [0.717, 1.165) is 24.3 Å². The van der Waals surface area contributed by atoms with Gasteiger partial charge in [-0.3, -0.25) is 0 Å². The lowest BCUT2D eigenvalue weighted by molar-refractivity contribution is -0.130. The molecular formula is C19H22FNO2. The molecule has 0 saturated heterocycles. The van der Waals surface area contributed by atoms with Gasteiger partial charge < -0.3 is 4.74 Å². The first-order chi connectivity index (χ1) is 11.2. The van der Waals surface area contributed by atoms with Crippen molar-refractivity contribution in [2.75, 3.05) is 0 Å². The van der Waals surface area contributed by atoms with Crippen molar-refractivity contribution < 1.29 is 13.9 Å². The normalized spacial score (nSPS) is 26.3. The molecule has 23 heavy (non-hydrogen) atoms. The molecule has 0 unspecified atom stereocenters. The molecule has 0 spiro atoms. The number of carbonyl (C=O) groups is 1. The molecule has 0 atom stereocenters. The van der Waals surface area contributed by atoms with Crippen molar-refractivity contribution in [2.45, 2.75) is 45.4 Å². The maximum Gasteiger partial charge on any atom is 0.363 e. The summed E-state index contributed by atoms with van der Waals surface area (Å²) in [5, 5.41) is 0. The molecule has 2 aliphatic rings. The van der Waals surface area contributed by atoms with Crippen molar-refractivity contribution in [3.63, 3.8) is 0 Å². The third-order valence-corrected chi connectivity index (χ3v) is 4.70. The SMILES string of the molecule is CCCC1CCC(C2=NC(=Cc3ccc(F)cc3)C(=O)O2)CC1. The Morgan fingerprint density at radius 2 is 1.91 bits per heavy atom. The molecule has 1 saturated carbocycles. The number of cyclic esters (lactones) is 1. The summed E-state index contributed by atoms with van der Waals surface area (Å²) < 4.78 is 18.3. The van der Waals surface area contributed by atoms with Crippen LogP contribution in [0.3, 0.4) is 0 Å². The molecule has 3 rings (SSSR count). The fourth-order valence-electron chi connectivity index (χ4n) is 3.42. The molecular weight excluding hydrogens is 293 g/mol. The number of nitrogens with zero attached hydrogens (tertiary/aromatic N) is 1. The van der Waals surface area contributed by atoms with Crippen molar-refractivity contribution in [1.29, 1.82) is 0 Å². The van der Waals surface area contributed by atoms with Crippen molar-refractivity contribution >= 4 is 17.9 Å². The Bertz CT molecular complexity index is 625. The minimum atomic E-state index is -0.403. The second-order valence-electron chi connectivity index (χ2n) is 6.43. The fraction of sp³-hybridized carbons (Fsp3) is 0.474. The van der Waals surface area contributed by atoms with Crippen LogP contribution in [0.1, 0.15) is 51.0 Å². The Morgan fingerprint density at radius 1 is 1.22 bits per heavy atom. The first-order valence-electron chi connectivity index (χ1n) is 8.43. The highest BCUT2D eigenvalue weighted by molar-refractivity contribution is 6.07. The smallest absolute Gasteiger partial charge is 0.363 e. The molecule has 3 nitrogen and oxygen atoms in total. The molecule has 0 amide bonds. The minimum Gasteiger partial charge on any atom is -0.406 e. The fourth-order valence-corrected chi connectivity index (χ4v) is 3.42. The number of ether oxygens (including phenoxy) is 1. The highest BCUT2D eigenvalue weighted by Gasteiger charge is 2.32. The predicted molar refractivity (Wildman–Crippen MR) is 88.3 cm³/mol. The summed E-state index contributed by atoms with van der Waals surface area (Å²) in [4.78, 5) is 16.4. The Labute approximate surface area is 136 Å². The van der Waals surface area contributed by atoms with Gasteiger partial charge in [0, 0.05) is 5.92 Å². The zero-order valence-electron chi connectivity index (χ0n) is 13.4. The lowest BCUT2D eigenvalue weighted by Gasteiger charge is -2.27. The van der Waals surface area contributed by atoms with E-state index in [1.54, 1.807) is 18.2 Å². The first kappa shape index (κ1) is 15.9. The minimum absolute atomic E-state index is 0.256. The summed E-state index contributed by atoms with van der Waals surface area (Å²) in [6.45, 7) is 2.22. The van der Waals surface area contributed by atoms with E-state index in [4.69, 9.17) is 4.74 Å². The summed E-state index contributed by atoms with van der Waals surface area (Å²) >= 11 is 0. The second-order valence-corrected chi connectivity index (χ2v) is 6.43. The number of carbonyl (C=O) groups excluding carboxylic acids is 1. The number of hydrogen-bond acceptors (Lipinski definition) is 3. The van der Waals surface area contributed by atoms with E-state index in [1.807, 2.05) is 0 Å². The van der Waals surface area contributed by atoms with Gasteiger partial charge in [-0.2, -0.15) is 0 Å². The summed E-state index contributed by atoms with van der Waals surface area (Å²) in [5.74, 6) is 0.932. The number of benzene rings is 1. The summed E-state index contributed by atoms with van der Waals surface area (Å²) in [6.07, 6.45) is 8.63. The molecule has 0 N–H and O–H groups in total. The van der Waals surface area contributed by atoms with Gasteiger partial charge in [0.05, 0.1) is 0 Å². The molecule has 0 aromatic heterocycles. The molecule has 4 heteroatoms. The van der Waals surface area contributed by atoms with Crippen molar-refractivity contribution in [2.24, 2.45) is 16.8 Å². The number of hydrogen-bond donors (Lipinski definition) is 0. The van der Waals surface area contributed by atoms with Crippen molar-refractivity contribution in [1.82, 2.24) is 0 Å². The van der Waals surface area contributed by atoms with Crippen LogP contribution in [-0.2, 0) is 9.53 Å². The van der Waals surface area contributed by atoms with Gasteiger partial charge >= 0.3 is 5.97 Å². The standard InChI is InChI=1S/C19H22FNO2/c1-2-3-13-4-8-15(9-5-13)18-21-17(19(22)23-18)12-14-6-10-16(20)11-7-14/h6-7,10-13,15H,2-5,8-9H2,1H3. The molecule has 1 heterocycles. The van der Waals surface area contributed by atoms with Gasteiger partial charge in [-0.15, -0.1) is 0 Å². The molecule has 0 radical (unpaired) electrons. The Morgan fingerprint density at radius 3 is 2.57 bits per heavy atom. The Hall–Kier alpha value is -1.97. The van der Waals surface area contributed by atoms with Crippen LogP contribution in [0.15, 0.2) is 35.0 Å². The summed E-state index contributed by atoms with van der Waals surface area (Å²) in [5.41, 5.74) is 1.05. The lowest BCUT2D eigenvalue weighted by atomic mass is 9.80. The Balaban J connectivity index is 1.68. The molecule has 1 aliphatic carbocycles. The van der Waals surface area contributed by atoms with Gasteiger partial charge in [0.1, 0.15) is 5.82 Å². The van der Waals surface area contributed by atoms with Crippen molar-refractivity contribution in [3.8, 4) is 0 Å². The Kier molecular flexibility index (Phi) is 4.89. The molecule has 1 fully saturated rings. The van der Waals surface area contributed by atoms with Crippen molar-refractivity contribution in [3.05, 3.63) is 41.3 Å². The lowest BCUT2D eigenvalue weighted by Crippen LogP contribution is -2.22. The van der Waals surface area contributed by atoms with Gasteiger partial charge in [0.2, 0.25) is 5.90 Å². The maximum atomic E-state index is 12.9. The quantitative estimate of drug-likeness (QED) is 0.595. The van der Waals surface area contributed by atoms with E-state index in [0.29, 0.717) is 11.6 Å². The van der Waals surface area contributed by atoms with E-state index in [-0.39, 0.29) is 11.7 Å². The van der Waals surface area contributed by atoms with E-state index < -0.39 is 5.97 Å². The largest absolute Gasteiger partial charge is 0.406 e. The van der Waals surface area contributed by atoms with E-state index in [2.05, 4.69) is 11.9 Å². The van der Waals surface area contributed by atoms with Crippen LogP contribution in [0.25, 0.3) is 6.08 Å². The zero-order valence-corrected chi connectivity index (χ0v) is 13.4. The zero-order chi connectivity index (χ0) is 16.2. The molecule has 0 bridgehead atoms. The number of halogens is 1. The number of esters is 1. The van der Waals surface area contributed by atoms with E-state index in [9.17, 15) is 9.18 Å². The average molecular weight is 315 g/mol. The highest BCUT2D eigenvalue weighted by Crippen LogP contribution is 2.34. The van der Waals surface area contributed by atoms with Gasteiger partial charge in [0.25, 0.3) is 0 Å². The molecule has 122 valence electrons. The van der Waals surface area contributed by atoms with Crippen LogP contribution in [0.2, 0.25) is 0 Å². The van der Waals surface area contributed by atoms with Gasteiger partial charge in [-0.25, -0.2) is 14.2 Å². The third kappa shape index (κ3) is 3.87. The highest BCUT2D eigenvalue weighted by atomic mass is 19.1. The van der Waals surface area contributed by atoms with Crippen LogP contribution in [0.5, 0.6) is 0 Å². The number of rotatable bonds is 4. The molecule has 1 aromatic carbocycles. The van der Waals surface area contributed by atoms with Gasteiger partial charge in [0.15, 0.2) is 5.70 Å². The summed E-state index contributed by atoms with van der Waals surface area (Å²) in [7, 11) is 0. The average Bonchev–Trinajstić information content (AvgIpc) is 2.92. The molecule has 1 aromatic rings. The first-order valence-corrected chi connectivity index (χ1v) is 8.43. The van der Waals surface area contributed by atoms with Gasteiger partial charge in [-0.05, 0) is 55.4 Å². The predicted octanol–water partition coefficient (Wildman–Crippen LogP) is 4.73. The maximum absolute atomic E-state index is 12.9. The van der Waals surface area contributed by atoms with E-state index in [1.165, 1.54) is 37.8 Å². The molecule has 1 aliphatic heterocycles. The third-order valence-electron chi connectivity index (χ3n) is 4.70. The van der Waals surface area contributed by atoms with Gasteiger partial charge in [-0.1, -0.05) is 31.9 Å². The van der Waals surface area contributed by atoms with Crippen LogP contribution in [-0.4, -0.2) is 11.9 Å². The van der Waals surface area contributed by atoms with Crippen LogP contribution in [0, 0.1) is 17.7 Å². The van der Waals surface area contributed by atoms with Crippen LogP contribution < -0.4 is 0 Å². The topological polar surface area (TPSA) is 38.7 Å². The summed E-state index contributed by atoms with van der Waals surface area (Å²) in [6, 6.07) is 5.98. The second kappa shape index (κ2) is 7.07. The van der Waals surface area contributed by atoms with Crippen LogP contribution >= 0.6 is 0 Å².